The van der Waals surface area contributed by atoms with Crippen molar-refractivity contribution in [2.24, 2.45) is 0 Å². The summed E-state index contributed by atoms with van der Waals surface area (Å²) < 4.78 is 20.9. The molecule has 1 aliphatic heterocycles. The summed E-state index contributed by atoms with van der Waals surface area (Å²) in [5.74, 6) is -3.39. The lowest BCUT2D eigenvalue weighted by atomic mass is 10.2. The summed E-state index contributed by atoms with van der Waals surface area (Å²) in [6.45, 7) is 4.34. The molecule has 0 saturated carbocycles. The SMILES string of the molecule is CCCCOC(O)(OCCCC)C1OC(=O)CCCCC(=O)O1. The van der Waals surface area contributed by atoms with Crippen molar-refractivity contribution >= 4 is 11.9 Å². The molecule has 0 aromatic carbocycles. The van der Waals surface area contributed by atoms with Gasteiger partial charge in [0.1, 0.15) is 0 Å². The van der Waals surface area contributed by atoms with Gasteiger partial charge in [0.05, 0.1) is 13.2 Å². The Kier molecular flexibility index (Phi) is 9.13. The van der Waals surface area contributed by atoms with E-state index in [4.69, 9.17) is 18.9 Å². The van der Waals surface area contributed by atoms with Gasteiger partial charge in [0.25, 0.3) is 0 Å². The quantitative estimate of drug-likeness (QED) is 0.393. The van der Waals surface area contributed by atoms with E-state index in [-0.39, 0.29) is 26.1 Å². The first-order valence-electron chi connectivity index (χ1n) is 8.41. The van der Waals surface area contributed by atoms with Gasteiger partial charge in [-0.25, -0.2) is 0 Å². The Morgan fingerprint density at radius 3 is 1.83 bits per heavy atom. The molecule has 0 bridgehead atoms. The number of carbonyl (C=O) groups excluding carboxylic acids is 2. The van der Waals surface area contributed by atoms with Gasteiger partial charge in [0.15, 0.2) is 0 Å². The maximum atomic E-state index is 11.8. The summed E-state index contributed by atoms with van der Waals surface area (Å²) in [5.41, 5.74) is 0. The second kappa shape index (κ2) is 10.6. The van der Waals surface area contributed by atoms with E-state index >= 15 is 0 Å². The fourth-order valence-electron chi connectivity index (χ4n) is 1.97. The minimum atomic E-state index is -2.28. The fourth-order valence-corrected chi connectivity index (χ4v) is 1.97. The van der Waals surface area contributed by atoms with E-state index in [1.807, 2.05) is 13.8 Å². The van der Waals surface area contributed by atoms with Crippen molar-refractivity contribution in [1.29, 1.82) is 0 Å². The molecule has 1 fully saturated rings. The molecule has 0 radical (unpaired) electrons. The Morgan fingerprint density at radius 2 is 1.43 bits per heavy atom. The predicted molar refractivity (Wildman–Crippen MR) is 81.1 cm³/mol. The van der Waals surface area contributed by atoms with Crippen LogP contribution in [0.4, 0.5) is 0 Å². The van der Waals surface area contributed by atoms with Crippen LogP contribution >= 0.6 is 0 Å². The third kappa shape index (κ3) is 7.28. The molecule has 1 N–H and O–H groups in total. The van der Waals surface area contributed by atoms with Gasteiger partial charge in [-0.1, -0.05) is 26.7 Å². The molecule has 0 aromatic rings. The third-order valence-corrected chi connectivity index (χ3v) is 3.40. The van der Waals surface area contributed by atoms with Crippen LogP contribution in [0.3, 0.4) is 0 Å². The summed E-state index contributed by atoms with van der Waals surface area (Å²) in [7, 11) is 0. The first-order chi connectivity index (χ1) is 11.0. The second-order valence-corrected chi connectivity index (χ2v) is 5.55. The van der Waals surface area contributed by atoms with E-state index < -0.39 is 24.2 Å². The first kappa shape index (κ1) is 19.9. The lowest BCUT2D eigenvalue weighted by molar-refractivity contribution is -0.429. The van der Waals surface area contributed by atoms with Gasteiger partial charge in [-0.3, -0.25) is 9.59 Å². The molecule has 0 aromatic heterocycles. The number of carbonyl (C=O) groups is 2. The van der Waals surface area contributed by atoms with Gasteiger partial charge in [-0.05, 0) is 25.7 Å². The van der Waals surface area contributed by atoms with Crippen LogP contribution < -0.4 is 0 Å². The van der Waals surface area contributed by atoms with E-state index in [1.54, 1.807) is 0 Å². The number of cyclic esters (lactones) is 2. The molecule has 0 unspecified atom stereocenters. The first-order valence-corrected chi connectivity index (χ1v) is 8.41. The van der Waals surface area contributed by atoms with Crippen LogP contribution in [0.1, 0.15) is 65.2 Å². The smallest absolute Gasteiger partial charge is 0.359 e. The van der Waals surface area contributed by atoms with Crippen molar-refractivity contribution in [2.75, 3.05) is 13.2 Å². The van der Waals surface area contributed by atoms with Crippen LogP contribution in [-0.4, -0.2) is 42.5 Å². The molecule has 1 heterocycles. The number of hydrogen-bond donors (Lipinski definition) is 1. The predicted octanol–water partition coefficient (Wildman–Crippen LogP) is 2.25. The number of esters is 2. The monoisotopic (exact) mass is 332 g/mol. The summed E-state index contributed by atoms with van der Waals surface area (Å²) >= 11 is 0. The van der Waals surface area contributed by atoms with Gasteiger partial charge in [0, 0.05) is 12.8 Å². The van der Waals surface area contributed by atoms with Crippen LogP contribution in [0.2, 0.25) is 0 Å². The number of ether oxygens (including phenoxy) is 4. The zero-order valence-electron chi connectivity index (χ0n) is 14.0. The molecular weight excluding hydrogens is 304 g/mol. The van der Waals surface area contributed by atoms with Crippen molar-refractivity contribution in [3.8, 4) is 0 Å². The Morgan fingerprint density at radius 1 is 1.00 bits per heavy atom. The van der Waals surface area contributed by atoms with E-state index in [0.717, 1.165) is 12.8 Å². The number of hydrogen-bond acceptors (Lipinski definition) is 7. The molecule has 0 aliphatic carbocycles. The Balaban J connectivity index is 2.83. The number of unbranched alkanes of at least 4 members (excludes halogenated alkanes) is 2. The van der Waals surface area contributed by atoms with Crippen molar-refractivity contribution in [3.63, 3.8) is 0 Å². The van der Waals surface area contributed by atoms with Gasteiger partial charge < -0.3 is 24.1 Å². The lowest BCUT2D eigenvalue weighted by Crippen LogP contribution is -2.52. The lowest BCUT2D eigenvalue weighted by Gasteiger charge is -2.33. The van der Waals surface area contributed by atoms with Crippen LogP contribution in [0.5, 0.6) is 0 Å². The zero-order chi connectivity index (χ0) is 17.1. The van der Waals surface area contributed by atoms with Gasteiger partial charge in [0.2, 0.25) is 0 Å². The minimum absolute atomic E-state index is 0.160. The van der Waals surface area contributed by atoms with Crippen LogP contribution in [0.15, 0.2) is 0 Å². The molecule has 0 atom stereocenters. The molecule has 134 valence electrons. The highest BCUT2D eigenvalue weighted by molar-refractivity contribution is 5.72. The van der Waals surface area contributed by atoms with Crippen LogP contribution in [0, 0.1) is 0 Å². The van der Waals surface area contributed by atoms with Crippen molar-refractivity contribution < 1.29 is 33.6 Å². The van der Waals surface area contributed by atoms with E-state index in [9.17, 15) is 14.7 Å². The Bertz CT molecular complexity index is 339. The topological polar surface area (TPSA) is 91.3 Å². The molecule has 1 rings (SSSR count). The largest absolute Gasteiger partial charge is 0.417 e. The summed E-state index contributed by atoms with van der Waals surface area (Å²) in [6, 6.07) is 0. The normalized spacial score (nSPS) is 17.9. The van der Waals surface area contributed by atoms with E-state index in [1.165, 1.54) is 0 Å². The van der Waals surface area contributed by atoms with E-state index in [2.05, 4.69) is 0 Å². The molecule has 23 heavy (non-hydrogen) atoms. The highest BCUT2D eigenvalue weighted by Crippen LogP contribution is 2.23. The van der Waals surface area contributed by atoms with E-state index in [0.29, 0.717) is 25.7 Å². The number of aliphatic hydroxyl groups is 1. The number of rotatable bonds is 9. The molecule has 7 heteroatoms. The molecular formula is C16H28O7. The van der Waals surface area contributed by atoms with Crippen molar-refractivity contribution in [2.45, 2.75) is 77.5 Å². The van der Waals surface area contributed by atoms with Gasteiger partial charge in [-0.2, -0.15) is 0 Å². The molecule has 0 amide bonds. The highest BCUT2D eigenvalue weighted by Gasteiger charge is 2.46. The average molecular weight is 332 g/mol. The standard InChI is InChI=1S/C16H28O7/c1-3-5-11-20-16(19,21-12-6-4-2)15-22-13(17)9-7-8-10-14(18)23-15/h15,19H,3-12H2,1-2H3. The maximum Gasteiger partial charge on any atom is 0.359 e. The molecule has 1 saturated heterocycles. The van der Waals surface area contributed by atoms with Crippen molar-refractivity contribution in [3.05, 3.63) is 0 Å². The second-order valence-electron chi connectivity index (χ2n) is 5.55. The fraction of sp³-hybridized carbons (Fsp3) is 0.875. The molecule has 7 nitrogen and oxygen atoms in total. The average Bonchev–Trinajstić information content (AvgIpc) is 2.59. The molecule has 0 spiro atoms. The minimum Gasteiger partial charge on any atom is -0.417 e. The zero-order valence-corrected chi connectivity index (χ0v) is 14.0. The summed E-state index contributed by atoms with van der Waals surface area (Å²) in [5, 5.41) is 10.6. The molecule has 1 aliphatic rings. The Labute approximate surface area is 137 Å². The Hall–Kier alpha value is -1.18. The van der Waals surface area contributed by atoms with Crippen LogP contribution in [-0.2, 0) is 28.5 Å². The van der Waals surface area contributed by atoms with Crippen molar-refractivity contribution in [1.82, 2.24) is 0 Å². The maximum absolute atomic E-state index is 11.8. The van der Waals surface area contributed by atoms with Crippen LogP contribution in [0.25, 0.3) is 0 Å². The summed E-state index contributed by atoms with van der Waals surface area (Å²) in [4.78, 5) is 23.6. The van der Waals surface area contributed by atoms with Gasteiger partial charge in [-0.15, -0.1) is 0 Å². The van der Waals surface area contributed by atoms with Gasteiger partial charge >= 0.3 is 24.2 Å². The summed E-state index contributed by atoms with van der Waals surface area (Å²) in [6.07, 6.45) is 2.86. The highest BCUT2D eigenvalue weighted by atomic mass is 16.9. The third-order valence-electron chi connectivity index (χ3n) is 3.40.